The Labute approximate surface area is 101 Å². The molecule has 0 radical (unpaired) electrons. The van der Waals surface area contributed by atoms with E-state index in [1.165, 1.54) is 0 Å². The maximum Gasteiger partial charge on any atom is 0.198 e. The quantitative estimate of drug-likeness (QED) is 0.872. The van der Waals surface area contributed by atoms with Gasteiger partial charge >= 0.3 is 0 Å². The van der Waals surface area contributed by atoms with Crippen LogP contribution in [0.3, 0.4) is 0 Å². The van der Waals surface area contributed by atoms with Gasteiger partial charge in [-0.3, -0.25) is 0 Å². The number of sulfone groups is 1. The van der Waals surface area contributed by atoms with Crippen molar-refractivity contribution in [2.75, 3.05) is 11.5 Å². The highest BCUT2D eigenvalue weighted by atomic mass is 32.2. The third kappa shape index (κ3) is 3.29. The summed E-state index contributed by atoms with van der Waals surface area (Å²) < 4.78 is 28.5. The minimum Gasteiger partial charge on any atom is -0.445 e. The van der Waals surface area contributed by atoms with Gasteiger partial charge in [0, 0.05) is 12.3 Å². The van der Waals surface area contributed by atoms with Crippen LogP contribution in [0.5, 0.6) is 0 Å². The summed E-state index contributed by atoms with van der Waals surface area (Å²) in [6, 6.07) is 0. The van der Waals surface area contributed by atoms with Gasteiger partial charge in [-0.15, -0.1) is 0 Å². The van der Waals surface area contributed by atoms with E-state index in [2.05, 4.69) is 4.98 Å². The van der Waals surface area contributed by atoms with Crippen molar-refractivity contribution in [2.45, 2.75) is 38.2 Å². The minimum absolute atomic E-state index is 0.127. The predicted molar refractivity (Wildman–Crippen MR) is 62.5 cm³/mol. The lowest BCUT2D eigenvalue weighted by Gasteiger charge is -2.18. The molecular weight excluding hydrogens is 242 g/mol. The van der Waals surface area contributed by atoms with Gasteiger partial charge in [-0.2, -0.15) is 0 Å². The van der Waals surface area contributed by atoms with Crippen LogP contribution in [0, 0.1) is 0 Å². The van der Waals surface area contributed by atoms with Crippen molar-refractivity contribution >= 4 is 9.84 Å². The van der Waals surface area contributed by atoms with Crippen molar-refractivity contribution in [1.29, 1.82) is 0 Å². The second-order valence-corrected chi connectivity index (χ2v) is 6.90. The Kier molecular flexibility index (Phi) is 3.53. The number of aliphatic hydroxyl groups excluding tert-OH is 1. The van der Waals surface area contributed by atoms with E-state index in [-0.39, 0.29) is 17.4 Å². The van der Waals surface area contributed by atoms with E-state index in [1.807, 2.05) is 0 Å². The Morgan fingerprint density at radius 1 is 1.65 bits per heavy atom. The van der Waals surface area contributed by atoms with Crippen LogP contribution in [0.15, 0.2) is 10.6 Å². The highest BCUT2D eigenvalue weighted by molar-refractivity contribution is 7.91. The average molecular weight is 259 g/mol. The second kappa shape index (κ2) is 4.78. The maximum atomic E-state index is 11.5. The SMILES string of the molecule is CC(O)Cc1cnc(C2CCCS(=O)(=O)C2)o1. The second-order valence-electron chi connectivity index (χ2n) is 4.67. The zero-order chi connectivity index (χ0) is 12.5. The minimum atomic E-state index is -2.94. The van der Waals surface area contributed by atoms with Crippen molar-refractivity contribution in [1.82, 2.24) is 4.98 Å². The Balaban J connectivity index is 2.09. The number of oxazole rings is 1. The smallest absolute Gasteiger partial charge is 0.198 e. The topological polar surface area (TPSA) is 80.4 Å². The molecule has 96 valence electrons. The first kappa shape index (κ1) is 12.6. The highest BCUT2D eigenvalue weighted by Crippen LogP contribution is 2.28. The van der Waals surface area contributed by atoms with Crippen LogP contribution in [0.1, 0.15) is 37.3 Å². The standard InChI is InChI=1S/C11H17NO4S/c1-8(13)5-10-6-12-11(16-10)9-3-2-4-17(14,15)7-9/h6,8-9,13H,2-5,7H2,1H3. The molecule has 1 N–H and O–H groups in total. The van der Waals surface area contributed by atoms with Gasteiger partial charge in [-0.25, -0.2) is 13.4 Å². The lowest BCUT2D eigenvalue weighted by atomic mass is 10.1. The molecule has 1 saturated heterocycles. The monoisotopic (exact) mass is 259 g/mol. The molecule has 1 aromatic rings. The molecule has 1 aliphatic heterocycles. The van der Waals surface area contributed by atoms with Crippen LogP contribution in [0.4, 0.5) is 0 Å². The molecular formula is C11H17NO4S. The van der Waals surface area contributed by atoms with Gasteiger partial charge in [0.1, 0.15) is 5.76 Å². The summed E-state index contributed by atoms with van der Waals surface area (Å²) in [6.45, 7) is 1.67. The molecule has 6 heteroatoms. The number of rotatable bonds is 3. The maximum absolute atomic E-state index is 11.5. The number of aromatic nitrogens is 1. The molecule has 0 spiro atoms. The molecule has 5 nitrogen and oxygen atoms in total. The molecule has 0 amide bonds. The molecule has 0 bridgehead atoms. The van der Waals surface area contributed by atoms with Crippen LogP contribution < -0.4 is 0 Å². The molecule has 2 heterocycles. The number of hydrogen-bond donors (Lipinski definition) is 1. The molecule has 17 heavy (non-hydrogen) atoms. The Hall–Kier alpha value is -0.880. The van der Waals surface area contributed by atoms with E-state index in [1.54, 1.807) is 13.1 Å². The molecule has 1 fully saturated rings. The first-order valence-corrected chi connectivity index (χ1v) is 7.61. The predicted octanol–water partition coefficient (Wildman–Crippen LogP) is 0.890. The molecule has 2 rings (SSSR count). The van der Waals surface area contributed by atoms with Crippen LogP contribution in [0.25, 0.3) is 0 Å². The van der Waals surface area contributed by atoms with Crippen molar-refractivity contribution in [3.8, 4) is 0 Å². The van der Waals surface area contributed by atoms with Gasteiger partial charge in [0.15, 0.2) is 15.7 Å². The highest BCUT2D eigenvalue weighted by Gasteiger charge is 2.29. The zero-order valence-electron chi connectivity index (χ0n) is 9.80. The third-order valence-electron chi connectivity index (χ3n) is 2.88. The van der Waals surface area contributed by atoms with E-state index < -0.39 is 15.9 Å². The molecule has 1 aliphatic rings. The number of aliphatic hydroxyl groups is 1. The summed E-state index contributed by atoms with van der Waals surface area (Å²) in [6.07, 6.45) is 2.97. The normalized spacial score (nSPS) is 25.6. The summed E-state index contributed by atoms with van der Waals surface area (Å²) in [4.78, 5) is 4.12. The van der Waals surface area contributed by atoms with Crippen LogP contribution in [-0.4, -0.2) is 36.1 Å². The van der Waals surface area contributed by atoms with E-state index in [9.17, 15) is 13.5 Å². The number of nitrogens with zero attached hydrogens (tertiary/aromatic N) is 1. The molecule has 2 unspecified atom stereocenters. The van der Waals surface area contributed by atoms with Crippen molar-refractivity contribution < 1.29 is 17.9 Å². The molecule has 2 atom stereocenters. The van der Waals surface area contributed by atoms with E-state index in [4.69, 9.17) is 4.42 Å². The van der Waals surface area contributed by atoms with Gasteiger partial charge < -0.3 is 9.52 Å². The first-order chi connectivity index (χ1) is 7.96. The largest absolute Gasteiger partial charge is 0.445 e. The van der Waals surface area contributed by atoms with Crippen LogP contribution in [0.2, 0.25) is 0 Å². The average Bonchev–Trinajstić information content (AvgIpc) is 2.63. The molecule has 1 aromatic heterocycles. The lowest BCUT2D eigenvalue weighted by Crippen LogP contribution is -2.23. The van der Waals surface area contributed by atoms with Crippen LogP contribution >= 0.6 is 0 Å². The summed E-state index contributed by atoms with van der Waals surface area (Å²) in [5, 5.41) is 9.22. The fourth-order valence-corrected chi connectivity index (χ4v) is 3.81. The lowest BCUT2D eigenvalue weighted by molar-refractivity contribution is 0.186. The summed E-state index contributed by atoms with van der Waals surface area (Å²) in [7, 11) is -2.94. The van der Waals surface area contributed by atoms with Crippen molar-refractivity contribution in [3.05, 3.63) is 17.8 Å². The summed E-state index contributed by atoms with van der Waals surface area (Å²) in [5.74, 6) is 1.37. The van der Waals surface area contributed by atoms with Gasteiger partial charge in [-0.1, -0.05) is 0 Å². The zero-order valence-corrected chi connectivity index (χ0v) is 10.6. The van der Waals surface area contributed by atoms with Gasteiger partial charge in [0.25, 0.3) is 0 Å². The molecule has 0 aliphatic carbocycles. The Bertz CT molecular complexity index is 477. The van der Waals surface area contributed by atoms with Gasteiger partial charge in [0.05, 0.1) is 23.8 Å². The fourth-order valence-electron chi connectivity index (χ4n) is 2.11. The van der Waals surface area contributed by atoms with Gasteiger partial charge in [0.2, 0.25) is 0 Å². The summed E-state index contributed by atoms with van der Waals surface area (Å²) >= 11 is 0. The van der Waals surface area contributed by atoms with E-state index in [0.717, 1.165) is 6.42 Å². The van der Waals surface area contributed by atoms with E-state index in [0.29, 0.717) is 24.5 Å². The Morgan fingerprint density at radius 3 is 3.06 bits per heavy atom. The molecule has 0 aromatic carbocycles. The van der Waals surface area contributed by atoms with Crippen molar-refractivity contribution in [3.63, 3.8) is 0 Å². The van der Waals surface area contributed by atoms with Crippen LogP contribution in [-0.2, 0) is 16.3 Å². The van der Waals surface area contributed by atoms with E-state index >= 15 is 0 Å². The number of hydrogen-bond acceptors (Lipinski definition) is 5. The van der Waals surface area contributed by atoms with Gasteiger partial charge in [-0.05, 0) is 19.8 Å². The first-order valence-electron chi connectivity index (χ1n) is 5.79. The van der Waals surface area contributed by atoms with Crippen molar-refractivity contribution in [2.24, 2.45) is 0 Å². The Morgan fingerprint density at radius 2 is 2.41 bits per heavy atom. The fraction of sp³-hybridized carbons (Fsp3) is 0.727. The summed E-state index contributed by atoms with van der Waals surface area (Å²) in [5.41, 5.74) is 0. The molecule has 0 saturated carbocycles. The third-order valence-corrected chi connectivity index (χ3v) is 4.70.